The predicted octanol–water partition coefficient (Wildman–Crippen LogP) is 5.32. The van der Waals surface area contributed by atoms with Gasteiger partial charge in [-0.05, 0) is 54.1 Å². The Labute approximate surface area is 186 Å². The summed E-state index contributed by atoms with van der Waals surface area (Å²) < 4.78 is 76.0. The molecular formula is C22H26ClF4NO2S. The van der Waals surface area contributed by atoms with E-state index in [2.05, 4.69) is 4.90 Å². The minimum absolute atomic E-state index is 0. The smallest absolute Gasteiger partial charge is 0.298 e. The van der Waals surface area contributed by atoms with Crippen LogP contribution in [-0.4, -0.2) is 44.6 Å². The van der Waals surface area contributed by atoms with Gasteiger partial charge in [-0.3, -0.25) is 4.90 Å². The molecule has 1 fully saturated rings. The van der Waals surface area contributed by atoms with E-state index in [9.17, 15) is 26.0 Å². The minimum Gasteiger partial charge on any atom is -0.298 e. The quantitative estimate of drug-likeness (QED) is 0.526. The zero-order chi connectivity index (χ0) is 21.9. The topological polar surface area (TPSA) is 37.4 Å². The van der Waals surface area contributed by atoms with Crippen LogP contribution in [0.3, 0.4) is 0 Å². The average molecular weight is 480 g/mol. The molecule has 9 heteroatoms. The summed E-state index contributed by atoms with van der Waals surface area (Å²) in [5.74, 6) is -2.96. The molecule has 3 rings (SSSR count). The summed E-state index contributed by atoms with van der Waals surface area (Å²) in [4.78, 5) is 2.24. The van der Waals surface area contributed by atoms with Crippen LogP contribution in [0.5, 0.6) is 0 Å². The Kier molecular flexibility index (Phi) is 8.53. The summed E-state index contributed by atoms with van der Waals surface area (Å²) >= 11 is 0. The zero-order valence-electron chi connectivity index (χ0n) is 17.1. The Balaban J connectivity index is 0.00000341. The van der Waals surface area contributed by atoms with Gasteiger partial charge >= 0.3 is 6.18 Å². The second kappa shape index (κ2) is 10.3. The van der Waals surface area contributed by atoms with E-state index in [1.807, 2.05) is 0 Å². The van der Waals surface area contributed by atoms with Crippen LogP contribution in [0.15, 0.2) is 48.5 Å². The highest BCUT2D eigenvalue weighted by molar-refractivity contribution is 7.90. The largest absolute Gasteiger partial charge is 0.396 e. The molecule has 2 aromatic rings. The molecule has 0 bridgehead atoms. The summed E-state index contributed by atoms with van der Waals surface area (Å²) in [6, 6.07) is 12.5. The Morgan fingerprint density at radius 2 is 1.68 bits per heavy atom. The van der Waals surface area contributed by atoms with Crippen molar-refractivity contribution in [1.29, 1.82) is 0 Å². The van der Waals surface area contributed by atoms with Crippen LogP contribution in [0.25, 0.3) is 0 Å². The van der Waals surface area contributed by atoms with Crippen molar-refractivity contribution in [3.8, 4) is 0 Å². The molecule has 0 radical (unpaired) electrons. The van der Waals surface area contributed by atoms with Gasteiger partial charge in [-0.1, -0.05) is 36.4 Å². The fourth-order valence-electron chi connectivity index (χ4n) is 4.00. The maximum Gasteiger partial charge on any atom is 0.396 e. The van der Waals surface area contributed by atoms with Crippen LogP contribution in [0.2, 0.25) is 0 Å². The van der Waals surface area contributed by atoms with Gasteiger partial charge in [-0.25, -0.2) is 12.8 Å². The normalized spacial score (nSPS) is 18.9. The highest BCUT2D eigenvalue weighted by Crippen LogP contribution is 2.36. The third kappa shape index (κ3) is 7.47. The molecule has 0 aromatic heterocycles. The lowest BCUT2D eigenvalue weighted by Gasteiger charge is -2.33. The van der Waals surface area contributed by atoms with E-state index in [0.29, 0.717) is 12.5 Å². The van der Waals surface area contributed by atoms with Gasteiger partial charge in [0, 0.05) is 19.3 Å². The first kappa shape index (κ1) is 25.6. The van der Waals surface area contributed by atoms with Crippen molar-refractivity contribution >= 4 is 22.2 Å². The van der Waals surface area contributed by atoms with Gasteiger partial charge in [0.15, 0.2) is 0 Å². The standard InChI is InChI=1S/C22H25F4NO2S.ClH/c1-30(28,29)15-21(22(24,25)26)18-6-4-16(5-7-18)13-27-12-2-3-19(14-27)17-8-10-20(23)11-9-17;/h4-11,19,21H,2-3,12-15H2,1H3;1H/t19?,21-;/m0./s1. The molecular weight excluding hydrogens is 454 g/mol. The molecule has 172 valence electrons. The highest BCUT2D eigenvalue weighted by atomic mass is 35.5. The first-order valence-corrected chi connectivity index (χ1v) is 11.9. The van der Waals surface area contributed by atoms with Crippen molar-refractivity contribution in [2.24, 2.45) is 0 Å². The summed E-state index contributed by atoms with van der Waals surface area (Å²) in [6.07, 6.45) is -1.81. The Bertz CT molecular complexity index is 947. The van der Waals surface area contributed by atoms with Crippen LogP contribution in [0.1, 0.15) is 41.4 Å². The number of hydrogen-bond acceptors (Lipinski definition) is 3. The second-order valence-electron chi connectivity index (χ2n) is 8.05. The molecule has 0 aliphatic carbocycles. The predicted molar refractivity (Wildman–Crippen MR) is 116 cm³/mol. The van der Waals surface area contributed by atoms with Gasteiger partial charge < -0.3 is 0 Å². The number of likely N-dealkylation sites (tertiary alicyclic amines) is 1. The minimum atomic E-state index is -4.63. The van der Waals surface area contributed by atoms with E-state index in [1.165, 1.54) is 24.3 Å². The molecule has 0 spiro atoms. The van der Waals surface area contributed by atoms with Crippen molar-refractivity contribution in [1.82, 2.24) is 4.90 Å². The summed E-state index contributed by atoms with van der Waals surface area (Å²) in [5, 5.41) is 0. The van der Waals surface area contributed by atoms with Crippen molar-refractivity contribution in [2.75, 3.05) is 25.1 Å². The fourth-order valence-corrected chi connectivity index (χ4v) is 4.99. The molecule has 31 heavy (non-hydrogen) atoms. The van der Waals surface area contributed by atoms with Crippen molar-refractivity contribution in [3.63, 3.8) is 0 Å². The van der Waals surface area contributed by atoms with E-state index in [4.69, 9.17) is 0 Å². The van der Waals surface area contributed by atoms with E-state index in [1.54, 1.807) is 24.3 Å². The van der Waals surface area contributed by atoms with Gasteiger partial charge in [0.05, 0.1) is 11.7 Å². The lowest BCUT2D eigenvalue weighted by molar-refractivity contribution is -0.145. The molecule has 1 heterocycles. The van der Waals surface area contributed by atoms with Crippen molar-refractivity contribution in [3.05, 3.63) is 71.0 Å². The maximum atomic E-state index is 13.3. The van der Waals surface area contributed by atoms with Gasteiger partial charge in [0.2, 0.25) is 0 Å². The second-order valence-corrected chi connectivity index (χ2v) is 10.2. The third-order valence-corrected chi connectivity index (χ3v) is 6.44. The molecule has 2 atom stereocenters. The van der Waals surface area contributed by atoms with Gasteiger partial charge in [-0.2, -0.15) is 13.2 Å². The molecule has 0 N–H and O–H groups in total. The van der Waals surface area contributed by atoms with E-state index in [-0.39, 0.29) is 23.8 Å². The molecule has 1 unspecified atom stereocenters. The lowest BCUT2D eigenvalue weighted by atomic mass is 9.90. The first-order valence-electron chi connectivity index (χ1n) is 9.82. The average Bonchev–Trinajstić information content (AvgIpc) is 2.66. The van der Waals surface area contributed by atoms with Crippen molar-refractivity contribution in [2.45, 2.75) is 37.4 Å². The van der Waals surface area contributed by atoms with Crippen LogP contribution in [0, 0.1) is 5.82 Å². The SMILES string of the molecule is CS(=O)(=O)C[C@@H](c1ccc(CN2CCCC(c3ccc(F)cc3)C2)cc1)C(F)(F)F.Cl. The van der Waals surface area contributed by atoms with Gasteiger partial charge in [0.25, 0.3) is 0 Å². The molecule has 0 saturated carbocycles. The number of nitrogens with zero attached hydrogens (tertiary/aromatic N) is 1. The summed E-state index contributed by atoms with van der Waals surface area (Å²) in [7, 11) is -3.77. The molecule has 2 aromatic carbocycles. The van der Waals surface area contributed by atoms with E-state index in [0.717, 1.165) is 43.3 Å². The third-order valence-electron chi connectivity index (χ3n) is 5.50. The summed E-state index contributed by atoms with van der Waals surface area (Å²) in [6.45, 7) is 2.28. The molecule has 1 aliphatic heterocycles. The fraction of sp³-hybridized carbons (Fsp3) is 0.455. The van der Waals surface area contributed by atoms with Crippen LogP contribution in [-0.2, 0) is 16.4 Å². The number of piperidine rings is 1. The van der Waals surface area contributed by atoms with Crippen LogP contribution < -0.4 is 0 Å². The summed E-state index contributed by atoms with van der Waals surface area (Å²) in [5.41, 5.74) is 1.92. The number of hydrogen-bond donors (Lipinski definition) is 0. The van der Waals surface area contributed by atoms with Crippen LogP contribution in [0.4, 0.5) is 17.6 Å². The molecule has 1 aliphatic rings. The zero-order valence-corrected chi connectivity index (χ0v) is 18.7. The van der Waals surface area contributed by atoms with E-state index < -0.39 is 27.7 Å². The van der Waals surface area contributed by atoms with Gasteiger partial charge in [0.1, 0.15) is 15.7 Å². The first-order chi connectivity index (χ1) is 14.0. The Morgan fingerprint density at radius 3 is 2.23 bits per heavy atom. The highest BCUT2D eigenvalue weighted by Gasteiger charge is 2.42. The number of benzene rings is 2. The number of rotatable bonds is 6. The number of alkyl halides is 3. The van der Waals surface area contributed by atoms with E-state index >= 15 is 0 Å². The molecule has 1 saturated heterocycles. The lowest BCUT2D eigenvalue weighted by Crippen LogP contribution is -2.33. The molecule has 0 amide bonds. The number of halogens is 5. The van der Waals surface area contributed by atoms with Crippen molar-refractivity contribution < 1.29 is 26.0 Å². The van der Waals surface area contributed by atoms with Gasteiger partial charge in [-0.15, -0.1) is 12.4 Å². The Morgan fingerprint density at radius 1 is 1.06 bits per heavy atom. The van der Waals surface area contributed by atoms with Crippen LogP contribution >= 0.6 is 12.4 Å². The Hall–Kier alpha value is -1.64. The molecule has 3 nitrogen and oxygen atoms in total. The number of sulfone groups is 1. The maximum absolute atomic E-state index is 13.3. The monoisotopic (exact) mass is 479 g/mol.